The van der Waals surface area contributed by atoms with Crippen LogP contribution < -0.4 is 4.74 Å². The minimum atomic E-state index is -1.42. The Kier molecular flexibility index (Phi) is 6.81. The zero-order chi connectivity index (χ0) is 22.5. The number of rotatable bonds is 7. The molecule has 0 aliphatic heterocycles. The van der Waals surface area contributed by atoms with E-state index in [2.05, 4.69) is 20.9 Å². The summed E-state index contributed by atoms with van der Waals surface area (Å²) in [5.41, 5.74) is 0.345. The van der Waals surface area contributed by atoms with Gasteiger partial charge in [-0.2, -0.15) is 0 Å². The normalized spacial score (nSPS) is 10.5. The minimum Gasteiger partial charge on any atom is -0.478 e. The van der Waals surface area contributed by atoms with Crippen molar-refractivity contribution >= 4 is 33.8 Å². The maximum Gasteiger partial charge on any atom is 0.343 e. The molecule has 3 aromatic rings. The molecule has 0 fully saturated rings. The van der Waals surface area contributed by atoms with Crippen LogP contribution >= 0.6 is 15.9 Å². The first kappa shape index (κ1) is 22.2. The third kappa shape index (κ3) is 4.49. The summed E-state index contributed by atoms with van der Waals surface area (Å²) in [5, 5.41) is 20.4. The number of alkyl halides is 1. The Balaban J connectivity index is 2.37. The number of carboxylic acid groups (broad SMARTS) is 2. The molecule has 2 N–H and O–H groups in total. The number of carbonyl (C=O) groups excluding carboxylic acids is 1. The quantitative estimate of drug-likeness (QED) is 0.286. The van der Waals surface area contributed by atoms with Gasteiger partial charge in [0.25, 0.3) is 0 Å². The minimum absolute atomic E-state index is 0.0991. The first-order valence-corrected chi connectivity index (χ1v) is 10.4. The number of esters is 1. The highest BCUT2D eigenvalue weighted by Crippen LogP contribution is 2.40. The number of hydrogen-bond acceptors (Lipinski definition) is 5. The number of aromatic carboxylic acids is 2. The molecule has 0 aliphatic rings. The van der Waals surface area contributed by atoms with Crippen molar-refractivity contribution in [2.45, 2.75) is 13.3 Å². The van der Waals surface area contributed by atoms with Crippen LogP contribution in [-0.4, -0.2) is 38.4 Å². The van der Waals surface area contributed by atoms with E-state index in [0.29, 0.717) is 10.9 Å². The number of halogens is 1. The van der Waals surface area contributed by atoms with Gasteiger partial charge in [0.05, 0.1) is 16.8 Å². The molecule has 0 spiro atoms. The summed E-state index contributed by atoms with van der Waals surface area (Å²) in [7, 11) is 0. The van der Waals surface area contributed by atoms with E-state index in [1.165, 1.54) is 12.3 Å². The van der Waals surface area contributed by atoms with Gasteiger partial charge in [-0.3, -0.25) is 4.98 Å². The van der Waals surface area contributed by atoms with Crippen LogP contribution in [0.2, 0.25) is 0 Å². The molecule has 7 nitrogen and oxygen atoms in total. The average molecular weight is 484 g/mol. The van der Waals surface area contributed by atoms with Gasteiger partial charge in [0.1, 0.15) is 11.3 Å². The molecule has 3 rings (SSSR count). The topological polar surface area (TPSA) is 114 Å². The highest BCUT2D eigenvalue weighted by Gasteiger charge is 2.32. The number of benzene rings is 2. The van der Waals surface area contributed by atoms with Gasteiger partial charge in [0, 0.05) is 17.1 Å². The Morgan fingerprint density at radius 3 is 2.16 bits per heavy atom. The predicted molar refractivity (Wildman–Crippen MR) is 117 cm³/mol. The number of pyridine rings is 1. The summed E-state index contributed by atoms with van der Waals surface area (Å²) < 4.78 is 5.55. The standard InChI is InChI=1S/C23H18BrNO6/c1-13-15(10-11-24)17(21(26)27)18(16-9-5-6-12-25-16)19(22(28)29)20(13)31-23(30)14-7-3-2-4-8-14/h2-9,12H,10-11H2,1H3,(H,26,27)(H,28,29). The van der Waals surface area contributed by atoms with Gasteiger partial charge >= 0.3 is 17.9 Å². The summed E-state index contributed by atoms with van der Waals surface area (Å²) >= 11 is 3.31. The van der Waals surface area contributed by atoms with Gasteiger partial charge in [-0.1, -0.05) is 40.2 Å². The van der Waals surface area contributed by atoms with Gasteiger partial charge in [-0.05, 0) is 48.7 Å². The zero-order valence-corrected chi connectivity index (χ0v) is 18.0. The third-order valence-electron chi connectivity index (χ3n) is 4.72. The highest BCUT2D eigenvalue weighted by atomic mass is 79.9. The number of carboxylic acids is 2. The van der Waals surface area contributed by atoms with Gasteiger partial charge in [-0.15, -0.1) is 0 Å². The molecule has 0 aliphatic carbocycles. The van der Waals surface area contributed by atoms with E-state index in [1.807, 2.05) is 0 Å². The summed E-state index contributed by atoms with van der Waals surface area (Å²) in [5.74, 6) is -3.65. The molecule has 0 amide bonds. The van der Waals surface area contributed by atoms with Crippen LogP contribution in [0.15, 0.2) is 54.7 Å². The van der Waals surface area contributed by atoms with Crippen LogP contribution in [0.1, 0.15) is 42.2 Å². The van der Waals surface area contributed by atoms with Crippen molar-refractivity contribution in [1.29, 1.82) is 0 Å². The van der Waals surface area contributed by atoms with Crippen molar-refractivity contribution in [3.05, 3.63) is 82.5 Å². The zero-order valence-electron chi connectivity index (χ0n) is 16.5. The van der Waals surface area contributed by atoms with Gasteiger partial charge in [-0.25, -0.2) is 14.4 Å². The molecule has 0 saturated heterocycles. The Hall–Kier alpha value is -3.52. The number of carbonyl (C=O) groups is 3. The van der Waals surface area contributed by atoms with E-state index in [-0.39, 0.29) is 40.1 Å². The molecule has 2 aromatic carbocycles. The molecule has 31 heavy (non-hydrogen) atoms. The van der Waals surface area contributed by atoms with Gasteiger partial charge in [0.15, 0.2) is 0 Å². The summed E-state index contributed by atoms with van der Waals surface area (Å²) in [6, 6.07) is 12.9. The fourth-order valence-electron chi connectivity index (χ4n) is 3.37. The molecule has 0 saturated carbocycles. The van der Waals surface area contributed by atoms with Gasteiger partial charge in [0.2, 0.25) is 0 Å². The number of hydrogen-bond donors (Lipinski definition) is 2. The van der Waals surface area contributed by atoms with Crippen LogP contribution in [0.4, 0.5) is 0 Å². The van der Waals surface area contributed by atoms with Crippen LogP contribution in [0.3, 0.4) is 0 Å². The lowest BCUT2D eigenvalue weighted by molar-refractivity contribution is 0.0681. The molecule has 8 heteroatoms. The first-order valence-electron chi connectivity index (χ1n) is 9.27. The van der Waals surface area contributed by atoms with Crippen molar-refractivity contribution in [1.82, 2.24) is 4.98 Å². The van der Waals surface area contributed by atoms with Crippen LogP contribution in [0.5, 0.6) is 5.75 Å². The summed E-state index contributed by atoms with van der Waals surface area (Å²) in [4.78, 5) is 41.4. The second-order valence-corrected chi connectivity index (χ2v) is 7.37. The molecule has 1 heterocycles. The molecule has 0 unspecified atom stereocenters. The molecule has 0 radical (unpaired) electrons. The second kappa shape index (κ2) is 9.53. The second-order valence-electron chi connectivity index (χ2n) is 6.58. The van der Waals surface area contributed by atoms with Crippen molar-refractivity contribution in [3.63, 3.8) is 0 Å². The fraction of sp³-hybridized carbons (Fsp3) is 0.130. The van der Waals surface area contributed by atoms with Crippen molar-refractivity contribution in [2.75, 3.05) is 5.33 Å². The Bertz CT molecular complexity index is 1150. The van der Waals surface area contributed by atoms with Crippen molar-refractivity contribution < 1.29 is 29.3 Å². The summed E-state index contributed by atoms with van der Waals surface area (Å²) in [6.07, 6.45) is 1.72. The fourth-order valence-corrected chi connectivity index (χ4v) is 3.77. The van der Waals surface area contributed by atoms with E-state index in [0.717, 1.165) is 0 Å². The maximum absolute atomic E-state index is 12.7. The van der Waals surface area contributed by atoms with E-state index in [4.69, 9.17) is 4.74 Å². The Labute approximate surface area is 186 Å². The molecular formula is C23H18BrNO6. The third-order valence-corrected chi connectivity index (χ3v) is 5.12. The predicted octanol–water partition coefficient (Wildman–Crippen LogP) is 4.61. The molecule has 0 bridgehead atoms. The largest absolute Gasteiger partial charge is 0.478 e. The lowest BCUT2D eigenvalue weighted by Crippen LogP contribution is -2.18. The van der Waals surface area contributed by atoms with E-state index >= 15 is 0 Å². The van der Waals surface area contributed by atoms with Crippen molar-refractivity contribution in [3.8, 4) is 17.0 Å². The lowest BCUT2D eigenvalue weighted by Gasteiger charge is -2.21. The molecular weight excluding hydrogens is 466 g/mol. The molecule has 1 aromatic heterocycles. The monoisotopic (exact) mass is 483 g/mol. The lowest BCUT2D eigenvalue weighted by atomic mass is 9.87. The SMILES string of the molecule is Cc1c(CCBr)c(C(=O)O)c(-c2ccccn2)c(C(=O)O)c1OC(=O)c1ccccc1. The van der Waals surface area contributed by atoms with Crippen LogP contribution in [0.25, 0.3) is 11.3 Å². The van der Waals surface area contributed by atoms with Crippen LogP contribution in [-0.2, 0) is 6.42 Å². The van der Waals surface area contributed by atoms with E-state index in [9.17, 15) is 24.6 Å². The Morgan fingerprint density at radius 2 is 1.61 bits per heavy atom. The maximum atomic E-state index is 12.7. The number of ether oxygens (including phenoxy) is 1. The van der Waals surface area contributed by atoms with Gasteiger partial charge < -0.3 is 14.9 Å². The number of aromatic nitrogens is 1. The highest BCUT2D eigenvalue weighted by molar-refractivity contribution is 9.09. The molecule has 0 atom stereocenters. The van der Waals surface area contributed by atoms with E-state index in [1.54, 1.807) is 49.4 Å². The summed E-state index contributed by atoms with van der Waals surface area (Å²) in [6.45, 7) is 1.55. The molecule has 158 valence electrons. The van der Waals surface area contributed by atoms with E-state index < -0.39 is 23.5 Å². The van der Waals surface area contributed by atoms with Crippen LogP contribution in [0, 0.1) is 6.92 Å². The van der Waals surface area contributed by atoms with Crippen molar-refractivity contribution in [2.24, 2.45) is 0 Å². The Morgan fingerprint density at radius 1 is 0.968 bits per heavy atom. The first-order chi connectivity index (χ1) is 14.9. The number of nitrogens with zero attached hydrogens (tertiary/aromatic N) is 1. The smallest absolute Gasteiger partial charge is 0.343 e. The average Bonchev–Trinajstić information content (AvgIpc) is 2.76.